The van der Waals surface area contributed by atoms with E-state index in [4.69, 9.17) is 4.74 Å². The van der Waals surface area contributed by atoms with E-state index >= 15 is 0 Å². The number of carbonyl (C=O) groups is 1. The molecule has 1 aliphatic carbocycles. The van der Waals surface area contributed by atoms with Crippen molar-refractivity contribution in [2.45, 2.75) is 31.8 Å². The smallest absolute Gasteiger partial charge is 0.550 e. The van der Waals surface area contributed by atoms with Crippen LogP contribution in [0.4, 0.5) is 0 Å². The van der Waals surface area contributed by atoms with E-state index in [1.54, 1.807) is 7.11 Å². The summed E-state index contributed by atoms with van der Waals surface area (Å²) in [7, 11) is 1.67. The molecule has 0 amide bonds. The Labute approximate surface area is 115 Å². The summed E-state index contributed by atoms with van der Waals surface area (Å²) in [4.78, 5) is 10.2. The molecule has 0 saturated heterocycles. The summed E-state index contributed by atoms with van der Waals surface area (Å²) in [6, 6.07) is 0. The van der Waals surface area contributed by atoms with Crippen molar-refractivity contribution in [3.8, 4) is 0 Å². The van der Waals surface area contributed by atoms with E-state index < -0.39 is 5.97 Å². The van der Waals surface area contributed by atoms with Gasteiger partial charge in [-0.05, 0) is 31.6 Å². The van der Waals surface area contributed by atoms with Crippen molar-refractivity contribution in [1.29, 1.82) is 0 Å². The quantitative estimate of drug-likeness (QED) is 0.451. The first-order valence-corrected chi connectivity index (χ1v) is 3.95. The van der Waals surface area contributed by atoms with E-state index in [1.165, 1.54) is 0 Å². The molecule has 0 aromatic carbocycles. The molecule has 12 heavy (non-hydrogen) atoms. The first-order valence-electron chi connectivity index (χ1n) is 3.95. The Balaban J connectivity index is 0.00000121. The number of aliphatic carboxylic acids is 1. The van der Waals surface area contributed by atoms with Gasteiger partial charge in [0.1, 0.15) is 0 Å². The normalized spacial score (nSPS) is 28.1. The molecule has 0 aromatic rings. The molecule has 0 radical (unpaired) electrons. The molecule has 0 unspecified atom stereocenters. The minimum atomic E-state index is -0.938. The molecule has 0 bridgehead atoms. The van der Waals surface area contributed by atoms with Gasteiger partial charge in [0.2, 0.25) is 0 Å². The summed E-state index contributed by atoms with van der Waals surface area (Å²) in [5.41, 5.74) is 0. The first-order chi connectivity index (χ1) is 5.22. The number of rotatable bonds is 3. The number of ether oxygens (including phenoxy) is 1. The van der Waals surface area contributed by atoms with Gasteiger partial charge in [-0.25, -0.2) is 0 Å². The number of carbonyl (C=O) groups excluding carboxylic acids is 1. The summed E-state index contributed by atoms with van der Waals surface area (Å²) in [6.07, 6.45) is 3.31. The van der Waals surface area contributed by atoms with Crippen LogP contribution in [0.25, 0.3) is 0 Å². The van der Waals surface area contributed by atoms with E-state index in [9.17, 15) is 9.90 Å². The van der Waals surface area contributed by atoms with Crippen LogP contribution in [0.1, 0.15) is 25.7 Å². The van der Waals surface area contributed by atoms with Crippen LogP contribution in [0.15, 0.2) is 0 Å². The molecule has 1 aliphatic rings. The van der Waals surface area contributed by atoms with Crippen LogP contribution in [0, 0.1) is 5.92 Å². The SMILES string of the molecule is CO[C@H]1CC[C@H](CC(=O)[O-])C1.[K+]. The van der Waals surface area contributed by atoms with E-state index in [0.717, 1.165) is 19.3 Å². The van der Waals surface area contributed by atoms with Crippen LogP contribution in [0.5, 0.6) is 0 Å². The fourth-order valence-corrected chi connectivity index (χ4v) is 1.66. The summed E-state index contributed by atoms with van der Waals surface area (Å²) in [5, 5.41) is 10.2. The first kappa shape index (κ1) is 13.1. The predicted molar refractivity (Wildman–Crippen MR) is 37.8 cm³/mol. The molecule has 0 N–H and O–H groups in total. The summed E-state index contributed by atoms with van der Waals surface area (Å²) < 4.78 is 5.11. The monoisotopic (exact) mass is 196 g/mol. The van der Waals surface area contributed by atoms with Crippen LogP contribution in [0.3, 0.4) is 0 Å². The van der Waals surface area contributed by atoms with Gasteiger partial charge in [-0.2, -0.15) is 0 Å². The Hall–Kier alpha value is 1.07. The van der Waals surface area contributed by atoms with Crippen LogP contribution in [-0.4, -0.2) is 19.2 Å². The third-order valence-corrected chi connectivity index (χ3v) is 2.28. The molecule has 0 spiro atoms. The van der Waals surface area contributed by atoms with Crippen molar-refractivity contribution in [2.75, 3.05) is 7.11 Å². The minimum Gasteiger partial charge on any atom is -0.550 e. The van der Waals surface area contributed by atoms with E-state index in [-0.39, 0.29) is 69.8 Å². The second kappa shape index (κ2) is 6.51. The van der Waals surface area contributed by atoms with Gasteiger partial charge in [0.25, 0.3) is 0 Å². The zero-order valence-corrected chi connectivity index (χ0v) is 10.8. The summed E-state index contributed by atoms with van der Waals surface area (Å²) >= 11 is 0. The standard InChI is InChI=1S/C8H14O3.K/c1-11-7-3-2-6(4-7)5-8(9)10;/h6-7H,2-5H2,1H3,(H,9,10);/q;+1/p-1/t6-,7-;/m0./s1. The van der Waals surface area contributed by atoms with Crippen LogP contribution >= 0.6 is 0 Å². The van der Waals surface area contributed by atoms with Gasteiger partial charge < -0.3 is 14.6 Å². The molecular weight excluding hydrogens is 183 g/mol. The summed E-state index contributed by atoms with van der Waals surface area (Å²) in [6.45, 7) is 0. The van der Waals surface area contributed by atoms with Gasteiger partial charge >= 0.3 is 51.4 Å². The maximum absolute atomic E-state index is 10.2. The topological polar surface area (TPSA) is 49.4 Å². The molecule has 0 aliphatic heterocycles. The number of hydrogen-bond acceptors (Lipinski definition) is 3. The summed E-state index contributed by atoms with van der Waals surface area (Å²) in [5.74, 6) is -0.656. The van der Waals surface area contributed by atoms with Gasteiger partial charge in [0.15, 0.2) is 0 Å². The maximum atomic E-state index is 10.2. The molecule has 1 saturated carbocycles. The Morgan fingerprint density at radius 3 is 2.67 bits per heavy atom. The maximum Gasteiger partial charge on any atom is 1.00 e. The molecule has 1 rings (SSSR count). The van der Waals surface area contributed by atoms with E-state index in [0.29, 0.717) is 0 Å². The number of hydrogen-bond donors (Lipinski definition) is 0. The third kappa shape index (κ3) is 4.34. The van der Waals surface area contributed by atoms with Gasteiger partial charge in [-0.15, -0.1) is 0 Å². The fourth-order valence-electron chi connectivity index (χ4n) is 1.66. The number of carboxylic acid groups (broad SMARTS) is 1. The molecule has 0 aromatic heterocycles. The van der Waals surface area contributed by atoms with Gasteiger partial charge in [0, 0.05) is 13.1 Å². The van der Waals surface area contributed by atoms with Crippen molar-refractivity contribution < 1.29 is 66.0 Å². The van der Waals surface area contributed by atoms with Crippen molar-refractivity contribution >= 4 is 5.97 Å². The van der Waals surface area contributed by atoms with E-state index in [1.807, 2.05) is 0 Å². The second-order valence-electron chi connectivity index (χ2n) is 3.11. The van der Waals surface area contributed by atoms with Gasteiger partial charge in [-0.3, -0.25) is 0 Å². The van der Waals surface area contributed by atoms with E-state index in [2.05, 4.69) is 0 Å². The zero-order chi connectivity index (χ0) is 8.27. The Morgan fingerprint density at radius 1 is 1.58 bits per heavy atom. The molecule has 3 nitrogen and oxygen atoms in total. The molecule has 4 heteroatoms. The third-order valence-electron chi connectivity index (χ3n) is 2.28. The molecule has 64 valence electrons. The predicted octanol–water partition coefficient (Wildman–Crippen LogP) is -3.05. The molecule has 1 fully saturated rings. The average molecular weight is 196 g/mol. The molecular formula is C8H13KO3. The van der Waals surface area contributed by atoms with Crippen molar-refractivity contribution in [2.24, 2.45) is 5.92 Å². The van der Waals surface area contributed by atoms with Crippen LogP contribution < -0.4 is 56.5 Å². The Bertz CT molecular complexity index is 149. The average Bonchev–Trinajstić information content (AvgIpc) is 2.34. The van der Waals surface area contributed by atoms with Crippen molar-refractivity contribution in [3.63, 3.8) is 0 Å². The fraction of sp³-hybridized carbons (Fsp3) is 0.875. The molecule has 2 atom stereocenters. The zero-order valence-electron chi connectivity index (χ0n) is 7.71. The van der Waals surface area contributed by atoms with Crippen molar-refractivity contribution in [3.05, 3.63) is 0 Å². The van der Waals surface area contributed by atoms with Gasteiger partial charge in [0.05, 0.1) is 6.10 Å². The van der Waals surface area contributed by atoms with Crippen molar-refractivity contribution in [1.82, 2.24) is 0 Å². The number of methoxy groups -OCH3 is 1. The second-order valence-corrected chi connectivity index (χ2v) is 3.11. The Kier molecular flexibility index (Phi) is 7.09. The van der Waals surface area contributed by atoms with Crippen LogP contribution in [-0.2, 0) is 9.53 Å². The van der Waals surface area contributed by atoms with Crippen LogP contribution in [0.2, 0.25) is 0 Å². The minimum absolute atomic E-state index is 0. The largest absolute Gasteiger partial charge is 1.00 e. The van der Waals surface area contributed by atoms with Gasteiger partial charge in [-0.1, -0.05) is 0 Å². The number of carboxylic acids is 1. The Morgan fingerprint density at radius 2 is 2.25 bits per heavy atom. The molecule has 0 heterocycles.